The fraction of sp³-hybridized carbons (Fsp3) is 0.200. The fourth-order valence-corrected chi connectivity index (χ4v) is 1.69. The maximum absolute atomic E-state index is 13.5. The normalized spacial score (nSPS) is 10.2. The molecule has 2 rings (SSSR count). The first-order valence-corrected chi connectivity index (χ1v) is 6.46. The third kappa shape index (κ3) is 3.53. The Bertz CT molecular complexity index is 647. The summed E-state index contributed by atoms with van der Waals surface area (Å²) in [5.41, 5.74) is -0.0136. The standard InChI is InChI=1S/C15H14F2N2O2/c1-2-9-21-12-6-4-3-5-11(12)19-15(20)10-7-8-18-14(17)13(10)16/h3-8H,2,9H2,1H3,(H,19,20). The van der Waals surface area contributed by atoms with Gasteiger partial charge in [0.2, 0.25) is 5.95 Å². The van der Waals surface area contributed by atoms with Crippen molar-refractivity contribution in [2.24, 2.45) is 0 Å². The summed E-state index contributed by atoms with van der Waals surface area (Å²) < 4.78 is 32.0. The zero-order valence-electron chi connectivity index (χ0n) is 11.4. The van der Waals surface area contributed by atoms with E-state index in [0.29, 0.717) is 18.0 Å². The molecule has 110 valence electrons. The van der Waals surface area contributed by atoms with Crippen molar-refractivity contribution in [1.29, 1.82) is 0 Å². The Morgan fingerprint density at radius 1 is 1.29 bits per heavy atom. The number of anilines is 1. The number of para-hydroxylation sites is 2. The van der Waals surface area contributed by atoms with Crippen LogP contribution in [0.15, 0.2) is 36.5 Å². The van der Waals surface area contributed by atoms with E-state index in [0.717, 1.165) is 18.7 Å². The molecule has 0 aliphatic rings. The smallest absolute Gasteiger partial charge is 0.258 e. The summed E-state index contributed by atoms with van der Waals surface area (Å²) in [7, 11) is 0. The number of aromatic nitrogens is 1. The summed E-state index contributed by atoms with van der Waals surface area (Å²) in [4.78, 5) is 15.2. The van der Waals surface area contributed by atoms with Crippen LogP contribution in [0.4, 0.5) is 14.5 Å². The molecule has 1 aromatic carbocycles. The van der Waals surface area contributed by atoms with Crippen LogP contribution in [0.5, 0.6) is 5.75 Å². The van der Waals surface area contributed by atoms with E-state index in [4.69, 9.17) is 4.74 Å². The molecule has 0 unspecified atom stereocenters. The molecule has 1 amide bonds. The van der Waals surface area contributed by atoms with E-state index in [9.17, 15) is 13.6 Å². The number of carbonyl (C=O) groups is 1. The van der Waals surface area contributed by atoms with Crippen LogP contribution >= 0.6 is 0 Å². The van der Waals surface area contributed by atoms with Crippen molar-refractivity contribution in [3.63, 3.8) is 0 Å². The minimum absolute atomic E-state index is 0.396. The molecule has 1 heterocycles. The Kier molecular flexibility index (Phi) is 4.81. The largest absolute Gasteiger partial charge is 0.491 e. The maximum atomic E-state index is 13.5. The topological polar surface area (TPSA) is 51.2 Å². The summed E-state index contributed by atoms with van der Waals surface area (Å²) in [6.45, 7) is 2.45. The van der Waals surface area contributed by atoms with E-state index in [1.54, 1.807) is 24.3 Å². The first-order valence-electron chi connectivity index (χ1n) is 6.46. The molecular formula is C15H14F2N2O2. The average Bonchev–Trinajstić information content (AvgIpc) is 2.49. The lowest BCUT2D eigenvalue weighted by Gasteiger charge is -2.12. The van der Waals surface area contributed by atoms with Gasteiger partial charge in [0.15, 0.2) is 5.82 Å². The monoisotopic (exact) mass is 292 g/mol. The molecule has 1 N–H and O–H groups in total. The molecule has 0 atom stereocenters. The van der Waals surface area contributed by atoms with Crippen molar-refractivity contribution in [2.45, 2.75) is 13.3 Å². The fourth-order valence-electron chi connectivity index (χ4n) is 1.69. The van der Waals surface area contributed by atoms with Gasteiger partial charge in [0.25, 0.3) is 5.91 Å². The molecular weight excluding hydrogens is 278 g/mol. The number of nitrogens with zero attached hydrogens (tertiary/aromatic N) is 1. The van der Waals surface area contributed by atoms with Crippen molar-refractivity contribution < 1.29 is 18.3 Å². The molecule has 0 saturated carbocycles. The number of halogens is 2. The van der Waals surface area contributed by atoms with Crippen LogP contribution in [0.1, 0.15) is 23.7 Å². The van der Waals surface area contributed by atoms with E-state index in [1.165, 1.54) is 0 Å². The SMILES string of the molecule is CCCOc1ccccc1NC(=O)c1ccnc(F)c1F. The van der Waals surface area contributed by atoms with E-state index < -0.39 is 23.2 Å². The molecule has 2 aromatic rings. The van der Waals surface area contributed by atoms with Gasteiger partial charge in [-0.15, -0.1) is 0 Å². The van der Waals surface area contributed by atoms with Crippen LogP contribution in [0.3, 0.4) is 0 Å². The summed E-state index contributed by atoms with van der Waals surface area (Å²) >= 11 is 0. The number of ether oxygens (including phenoxy) is 1. The number of pyridine rings is 1. The second kappa shape index (κ2) is 6.78. The number of carbonyl (C=O) groups excluding carboxylic acids is 1. The lowest BCUT2D eigenvalue weighted by molar-refractivity contribution is 0.102. The summed E-state index contributed by atoms with van der Waals surface area (Å²) in [5, 5.41) is 2.51. The summed E-state index contributed by atoms with van der Waals surface area (Å²) in [5.74, 6) is -2.87. The number of hydrogen-bond donors (Lipinski definition) is 1. The predicted molar refractivity (Wildman–Crippen MR) is 74.3 cm³/mol. The van der Waals surface area contributed by atoms with Gasteiger partial charge in [0, 0.05) is 6.20 Å². The van der Waals surface area contributed by atoms with Crippen LogP contribution in [0, 0.1) is 11.8 Å². The van der Waals surface area contributed by atoms with Gasteiger partial charge in [0.1, 0.15) is 5.75 Å². The van der Waals surface area contributed by atoms with Crippen molar-refractivity contribution in [1.82, 2.24) is 4.98 Å². The molecule has 0 aliphatic heterocycles. The Labute approximate surface area is 120 Å². The molecule has 0 radical (unpaired) electrons. The van der Waals surface area contributed by atoms with Crippen molar-refractivity contribution >= 4 is 11.6 Å². The van der Waals surface area contributed by atoms with E-state index >= 15 is 0 Å². The molecule has 0 bridgehead atoms. The molecule has 1 aromatic heterocycles. The average molecular weight is 292 g/mol. The van der Waals surface area contributed by atoms with Gasteiger partial charge < -0.3 is 10.1 Å². The van der Waals surface area contributed by atoms with Crippen LogP contribution in [0.25, 0.3) is 0 Å². The number of benzene rings is 1. The second-order valence-electron chi connectivity index (χ2n) is 4.26. The minimum atomic E-state index is -1.31. The van der Waals surface area contributed by atoms with Crippen molar-refractivity contribution in [3.05, 3.63) is 53.9 Å². The van der Waals surface area contributed by atoms with Gasteiger partial charge in [-0.1, -0.05) is 19.1 Å². The van der Waals surface area contributed by atoms with Crippen LogP contribution in [-0.2, 0) is 0 Å². The lowest BCUT2D eigenvalue weighted by atomic mass is 10.2. The maximum Gasteiger partial charge on any atom is 0.258 e. The highest BCUT2D eigenvalue weighted by molar-refractivity contribution is 6.05. The van der Waals surface area contributed by atoms with Crippen LogP contribution in [0.2, 0.25) is 0 Å². The summed E-state index contributed by atoms with van der Waals surface area (Å²) in [6, 6.07) is 7.89. The van der Waals surface area contributed by atoms with Crippen LogP contribution < -0.4 is 10.1 Å². The van der Waals surface area contributed by atoms with E-state index in [1.807, 2.05) is 6.92 Å². The number of amides is 1. The van der Waals surface area contributed by atoms with E-state index in [2.05, 4.69) is 10.3 Å². The van der Waals surface area contributed by atoms with Gasteiger partial charge in [-0.3, -0.25) is 4.79 Å². The molecule has 0 saturated heterocycles. The number of rotatable bonds is 5. The highest BCUT2D eigenvalue weighted by atomic mass is 19.2. The molecule has 0 fully saturated rings. The number of hydrogen-bond acceptors (Lipinski definition) is 3. The molecule has 4 nitrogen and oxygen atoms in total. The Morgan fingerprint density at radius 3 is 2.81 bits per heavy atom. The first kappa shape index (κ1) is 14.9. The van der Waals surface area contributed by atoms with Gasteiger partial charge in [-0.2, -0.15) is 4.39 Å². The second-order valence-corrected chi connectivity index (χ2v) is 4.26. The van der Waals surface area contributed by atoms with Crippen molar-refractivity contribution in [3.8, 4) is 5.75 Å². The van der Waals surface area contributed by atoms with Crippen molar-refractivity contribution in [2.75, 3.05) is 11.9 Å². The van der Waals surface area contributed by atoms with E-state index in [-0.39, 0.29) is 0 Å². The lowest BCUT2D eigenvalue weighted by Crippen LogP contribution is -2.16. The van der Waals surface area contributed by atoms with Gasteiger partial charge in [-0.25, -0.2) is 9.37 Å². The van der Waals surface area contributed by atoms with Crippen LogP contribution in [-0.4, -0.2) is 17.5 Å². The zero-order valence-corrected chi connectivity index (χ0v) is 11.4. The molecule has 0 aliphatic carbocycles. The Morgan fingerprint density at radius 2 is 2.05 bits per heavy atom. The minimum Gasteiger partial charge on any atom is -0.491 e. The highest BCUT2D eigenvalue weighted by Gasteiger charge is 2.17. The van der Waals surface area contributed by atoms with Gasteiger partial charge in [-0.05, 0) is 24.6 Å². The number of nitrogens with one attached hydrogen (secondary N) is 1. The summed E-state index contributed by atoms with van der Waals surface area (Å²) in [6.07, 6.45) is 1.85. The third-order valence-corrected chi connectivity index (χ3v) is 2.69. The predicted octanol–water partition coefficient (Wildman–Crippen LogP) is 3.40. The van der Waals surface area contributed by atoms with Gasteiger partial charge in [0.05, 0.1) is 17.9 Å². The Balaban J connectivity index is 2.22. The zero-order chi connectivity index (χ0) is 15.2. The molecule has 0 spiro atoms. The third-order valence-electron chi connectivity index (χ3n) is 2.69. The first-order chi connectivity index (χ1) is 10.1. The quantitative estimate of drug-likeness (QED) is 0.859. The molecule has 6 heteroatoms. The highest BCUT2D eigenvalue weighted by Crippen LogP contribution is 2.24. The van der Waals surface area contributed by atoms with Gasteiger partial charge >= 0.3 is 0 Å². The Hall–Kier alpha value is -2.50. The molecule has 21 heavy (non-hydrogen) atoms.